The minimum absolute atomic E-state index is 0.589. The molecule has 2 fully saturated rings. The van der Waals surface area contributed by atoms with Crippen molar-refractivity contribution in [2.75, 3.05) is 19.7 Å². The highest BCUT2D eigenvalue weighted by Gasteiger charge is 2.36. The molecule has 0 amide bonds. The molecular weight excluding hydrogens is 186 g/mol. The Morgan fingerprint density at radius 2 is 2.07 bits per heavy atom. The van der Waals surface area contributed by atoms with Gasteiger partial charge in [-0.25, -0.2) is 0 Å². The summed E-state index contributed by atoms with van der Waals surface area (Å²) in [4.78, 5) is 2.54. The number of hydrogen-bond donors (Lipinski definition) is 0. The molecule has 1 aromatic carbocycles. The lowest BCUT2D eigenvalue weighted by Crippen LogP contribution is -2.21. The number of likely N-dealkylation sites (tertiary alicyclic amines) is 1. The van der Waals surface area contributed by atoms with Crippen molar-refractivity contribution >= 4 is 0 Å². The summed E-state index contributed by atoms with van der Waals surface area (Å²) in [5.74, 6) is 0.800. The van der Waals surface area contributed by atoms with Crippen LogP contribution in [0.3, 0.4) is 0 Å². The lowest BCUT2D eigenvalue weighted by Gasteiger charge is -2.15. The summed E-state index contributed by atoms with van der Waals surface area (Å²) in [5, 5.41) is 0. The summed E-state index contributed by atoms with van der Waals surface area (Å²) >= 11 is 0. The van der Waals surface area contributed by atoms with Crippen molar-refractivity contribution in [3.63, 3.8) is 0 Å². The Morgan fingerprint density at radius 3 is 2.80 bits per heavy atom. The number of epoxide rings is 1. The van der Waals surface area contributed by atoms with Gasteiger partial charge in [0.2, 0.25) is 0 Å². The molecule has 0 aromatic heterocycles. The van der Waals surface area contributed by atoms with Crippen molar-refractivity contribution in [1.29, 1.82) is 0 Å². The Morgan fingerprint density at radius 1 is 1.27 bits per heavy atom. The molecule has 2 heteroatoms. The van der Waals surface area contributed by atoms with E-state index in [2.05, 4.69) is 35.2 Å². The predicted octanol–water partition coefficient (Wildman–Crippen LogP) is 1.91. The van der Waals surface area contributed by atoms with Gasteiger partial charge in [0, 0.05) is 19.0 Å². The highest BCUT2D eigenvalue weighted by Crippen LogP contribution is 2.29. The van der Waals surface area contributed by atoms with Crippen LogP contribution in [-0.2, 0) is 11.3 Å². The highest BCUT2D eigenvalue weighted by atomic mass is 16.6. The fourth-order valence-electron chi connectivity index (χ4n) is 2.48. The van der Waals surface area contributed by atoms with E-state index in [1.165, 1.54) is 25.1 Å². The summed E-state index contributed by atoms with van der Waals surface area (Å²) < 4.78 is 5.36. The van der Waals surface area contributed by atoms with Crippen LogP contribution in [0.4, 0.5) is 0 Å². The number of benzene rings is 1. The maximum absolute atomic E-state index is 5.36. The number of hydrogen-bond acceptors (Lipinski definition) is 2. The third-order valence-electron chi connectivity index (χ3n) is 3.44. The van der Waals surface area contributed by atoms with E-state index in [1.54, 1.807) is 0 Å². The lowest BCUT2D eigenvalue weighted by molar-refractivity contribution is 0.288. The van der Waals surface area contributed by atoms with Crippen LogP contribution >= 0.6 is 0 Å². The van der Waals surface area contributed by atoms with E-state index in [9.17, 15) is 0 Å². The Hall–Kier alpha value is -0.860. The van der Waals surface area contributed by atoms with E-state index in [-0.39, 0.29) is 0 Å². The molecule has 2 atom stereocenters. The van der Waals surface area contributed by atoms with Crippen LogP contribution in [0.5, 0.6) is 0 Å². The van der Waals surface area contributed by atoms with Crippen molar-refractivity contribution in [3.8, 4) is 0 Å². The van der Waals surface area contributed by atoms with Crippen molar-refractivity contribution in [1.82, 2.24) is 4.90 Å². The second-order valence-electron chi connectivity index (χ2n) is 4.64. The van der Waals surface area contributed by atoms with Gasteiger partial charge < -0.3 is 4.74 Å². The Bertz CT molecular complexity index is 321. The topological polar surface area (TPSA) is 15.8 Å². The first-order valence-corrected chi connectivity index (χ1v) is 5.80. The Labute approximate surface area is 90.8 Å². The number of rotatable bonds is 3. The largest absolute Gasteiger partial charge is 0.373 e. The molecule has 0 spiro atoms. The maximum Gasteiger partial charge on any atom is 0.0850 e. The van der Waals surface area contributed by atoms with Gasteiger partial charge in [-0.05, 0) is 18.5 Å². The van der Waals surface area contributed by atoms with Crippen molar-refractivity contribution in [2.45, 2.75) is 19.1 Å². The van der Waals surface area contributed by atoms with Gasteiger partial charge in [-0.1, -0.05) is 30.3 Å². The summed E-state index contributed by atoms with van der Waals surface area (Å²) in [6.07, 6.45) is 1.91. The first kappa shape index (κ1) is 9.37. The number of nitrogens with zero attached hydrogens (tertiary/aromatic N) is 1. The van der Waals surface area contributed by atoms with Gasteiger partial charge in [-0.15, -0.1) is 0 Å². The molecule has 1 aromatic rings. The van der Waals surface area contributed by atoms with Crippen molar-refractivity contribution in [2.24, 2.45) is 5.92 Å². The fourth-order valence-corrected chi connectivity index (χ4v) is 2.48. The van der Waals surface area contributed by atoms with Crippen LogP contribution in [0, 0.1) is 5.92 Å². The molecule has 0 N–H and O–H groups in total. The highest BCUT2D eigenvalue weighted by molar-refractivity contribution is 5.14. The van der Waals surface area contributed by atoms with Gasteiger partial charge in [0.1, 0.15) is 0 Å². The zero-order valence-electron chi connectivity index (χ0n) is 8.93. The molecule has 0 saturated carbocycles. The van der Waals surface area contributed by atoms with E-state index in [1.807, 2.05) is 0 Å². The molecular formula is C13H17NO. The van der Waals surface area contributed by atoms with Crippen LogP contribution < -0.4 is 0 Å². The van der Waals surface area contributed by atoms with Crippen LogP contribution in [0.2, 0.25) is 0 Å². The molecule has 2 aliphatic rings. The Balaban J connectivity index is 1.56. The third kappa shape index (κ3) is 2.21. The first-order valence-electron chi connectivity index (χ1n) is 5.80. The summed E-state index contributed by atoms with van der Waals surface area (Å²) in [6, 6.07) is 10.7. The smallest absolute Gasteiger partial charge is 0.0850 e. The van der Waals surface area contributed by atoms with Crippen molar-refractivity contribution < 1.29 is 4.74 Å². The van der Waals surface area contributed by atoms with Crippen LogP contribution in [0.15, 0.2) is 30.3 Å². The first-order chi connectivity index (χ1) is 7.42. The van der Waals surface area contributed by atoms with E-state index >= 15 is 0 Å². The monoisotopic (exact) mass is 203 g/mol. The number of ether oxygens (including phenoxy) is 1. The average molecular weight is 203 g/mol. The average Bonchev–Trinajstić information content (AvgIpc) is 3.02. The fraction of sp³-hybridized carbons (Fsp3) is 0.538. The molecule has 3 rings (SSSR count). The van der Waals surface area contributed by atoms with Crippen LogP contribution in [0.1, 0.15) is 12.0 Å². The van der Waals surface area contributed by atoms with Gasteiger partial charge in [0.25, 0.3) is 0 Å². The minimum atomic E-state index is 0.589. The Kier molecular flexibility index (Phi) is 2.47. The van der Waals surface area contributed by atoms with Crippen LogP contribution in [0.25, 0.3) is 0 Å². The zero-order chi connectivity index (χ0) is 10.1. The standard InChI is InChI=1S/C13H17NO/c1-2-4-11(5-3-1)8-14-7-6-12(9-14)13-10-15-13/h1-5,12-13H,6-10H2. The second-order valence-corrected chi connectivity index (χ2v) is 4.64. The van der Waals surface area contributed by atoms with E-state index < -0.39 is 0 Å². The third-order valence-corrected chi connectivity index (χ3v) is 3.44. The van der Waals surface area contributed by atoms with Crippen LogP contribution in [-0.4, -0.2) is 30.7 Å². The second kappa shape index (κ2) is 3.95. The maximum atomic E-state index is 5.36. The van der Waals surface area contributed by atoms with Gasteiger partial charge >= 0.3 is 0 Å². The lowest BCUT2D eigenvalue weighted by atomic mass is 10.1. The molecule has 80 valence electrons. The van der Waals surface area contributed by atoms with E-state index in [0.29, 0.717) is 6.10 Å². The van der Waals surface area contributed by atoms with Gasteiger partial charge in [0.15, 0.2) is 0 Å². The predicted molar refractivity (Wildman–Crippen MR) is 59.6 cm³/mol. The van der Waals surface area contributed by atoms with E-state index in [0.717, 1.165) is 19.1 Å². The molecule has 0 radical (unpaired) electrons. The normalized spacial score (nSPS) is 30.7. The summed E-state index contributed by atoms with van der Waals surface area (Å²) in [5.41, 5.74) is 1.43. The summed E-state index contributed by atoms with van der Waals surface area (Å²) in [6.45, 7) is 4.56. The summed E-state index contributed by atoms with van der Waals surface area (Å²) in [7, 11) is 0. The molecule has 2 nitrogen and oxygen atoms in total. The zero-order valence-corrected chi connectivity index (χ0v) is 8.93. The molecule has 0 bridgehead atoms. The quantitative estimate of drug-likeness (QED) is 0.697. The molecule has 2 saturated heterocycles. The van der Waals surface area contributed by atoms with Gasteiger partial charge in [0.05, 0.1) is 12.7 Å². The van der Waals surface area contributed by atoms with E-state index in [4.69, 9.17) is 4.74 Å². The molecule has 2 aliphatic heterocycles. The minimum Gasteiger partial charge on any atom is -0.373 e. The van der Waals surface area contributed by atoms with Crippen molar-refractivity contribution in [3.05, 3.63) is 35.9 Å². The molecule has 2 heterocycles. The molecule has 2 unspecified atom stereocenters. The molecule has 15 heavy (non-hydrogen) atoms. The molecule has 0 aliphatic carbocycles. The van der Waals surface area contributed by atoms with Gasteiger partial charge in [-0.3, -0.25) is 4.90 Å². The van der Waals surface area contributed by atoms with Gasteiger partial charge in [-0.2, -0.15) is 0 Å². The SMILES string of the molecule is c1ccc(CN2CCC(C3CO3)C2)cc1.